The number of fused-ring (bicyclic) bond motifs is 1. The zero-order chi connectivity index (χ0) is 11.0. The van der Waals surface area contributed by atoms with Gasteiger partial charge in [0.05, 0.1) is 0 Å². The normalized spacial score (nSPS) is 9.44. The van der Waals surface area contributed by atoms with Gasteiger partial charge in [-0.05, 0) is 6.07 Å². The molecule has 0 atom stereocenters. The van der Waals surface area contributed by atoms with Crippen molar-refractivity contribution in [3.8, 4) is 6.07 Å². The van der Waals surface area contributed by atoms with Crippen molar-refractivity contribution in [2.24, 2.45) is 0 Å². The van der Waals surface area contributed by atoms with E-state index in [4.69, 9.17) is 5.26 Å². The van der Waals surface area contributed by atoms with Crippen molar-refractivity contribution < 1.29 is 39.5 Å². The number of nitrogens with zero attached hydrogens (tertiary/aromatic N) is 3. The van der Waals surface area contributed by atoms with Crippen LogP contribution in [0.15, 0.2) is 29.1 Å². The van der Waals surface area contributed by atoms with Crippen LogP contribution in [0, 0.1) is 16.5 Å². The average molecular weight is 226 g/mol. The van der Waals surface area contributed by atoms with Gasteiger partial charge < -0.3 is 10.4 Å². The summed E-state index contributed by atoms with van der Waals surface area (Å²) in [6, 6.07) is 7.42. The monoisotopic (exact) mass is 226 g/mol. The molecule has 0 fully saturated rings. The van der Waals surface area contributed by atoms with Crippen LogP contribution in [-0.2, 0) is 0 Å². The Morgan fingerprint density at radius 2 is 2.06 bits per heavy atom. The summed E-state index contributed by atoms with van der Waals surface area (Å²) in [5.41, 5.74) is -1.55. The third-order valence-electron chi connectivity index (χ3n) is 2.03. The van der Waals surface area contributed by atoms with Gasteiger partial charge in [-0.3, -0.25) is 4.79 Å². The molecule has 0 aliphatic rings. The largest absolute Gasteiger partial charge is 1.00 e. The summed E-state index contributed by atoms with van der Waals surface area (Å²) in [4.78, 5) is 11.3. The Bertz CT molecular complexity index is 645. The minimum atomic E-state index is -1.02. The Hall–Kier alpha value is -1.55. The van der Waals surface area contributed by atoms with Gasteiger partial charge in [-0.15, -0.1) is 9.46 Å². The fourth-order valence-corrected chi connectivity index (χ4v) is 1.33. The van der Waals surface area contributed by atoms with Gasteiger partial charge in [0, 0.05) is 6.07 Å². The van der Waals surface area contributed by atoms with Crippen molar-refractivity contribution in [3.63, 3.8) is 0 Å². The fraction of sp³-hybridized carbons (Fsp3) is 0. The number of para-hydroxylation sites is 2. The van der Waals surface area contributed by atoms with Crippen molar-refractivity contribution in [2.75, 3.05) is 0 Å². The standard InChI is InChI=1S/C9H5N3O3.Na/c10-5-8-9(13)12(15)7-4-2-1-3-6(7)11(8)14;/h1-4,15H;/q;+1. The first-order valence-corrected chi connectivity index (χ1v) is 4.03. The number of nitriles is 1. The smallest absolute Gasteiger partial charge is 0.617 e. The zero-order valence-corrected chi connectivity index (χ0v) is 10.4. The van der Waals surface area contributed by atoms with Gasteiger partial charge in [-0.2, -0.15) is 5.26 Å². The second-order valence-corrected chi connectivity index (χ2v) is 2.86. The Labute approximate surface area is 112 Å². The second kappa shape index (κ2) is 4.53. The van der Waals surface area contributed by atoms with E-state index in [1.807, 2.05) is 0 Å². The van der Waals surface area contributed by atoms with E-state index < -0.39 is 11.3 Å². The number of rotatable bonds is 0. The minimum Gasteiger partial charge on any atom is -0.617 e. The van der Waals surface area contributed by atoms with Crippen LogP contribution < -0.4 is 39.8 Å². The maximum atomic E-state index is 11.5. The molecule has 1 N–H and O–H groups in total. The van der Waals surface area contributed by atoms with Gasteiger partial charge >= 0.3 is 40.8 Å². The van der Waals surface area contributed by atoms with Gasteiger partial charge in [0.1, 0.15) is 0 Å². The van der Waals surface area contributed by atoms with Crippen LogP contribution in [0.25, 0.3) is 11.0 Å². The van der Waals surface area contributed by atoms with Gasteiger partial charge in [-0.25, -0.2) is 0 Å². The molecule has 0 saturated carbocycles. The molecule has 1 aromatic heterocycles. The summed E-state index contributed by atoms with van der Waals surface area (Å²) in [6.45, 7) is 0. The molecule has 1 aromatic carbocycles. The van der Waals surface area contributed by atoms with E-state index in [9.17, 15) is 15.2 Å². The fourth-order valence-electron chi connectivity index (χ4n) is 1.33. The van der Waals surface area contributed by atoms with Crippen LogP contribution in [0.4, 0.5) is 0 Å². The Kier molecular flexibility index (Phi) is 3.55. The molecule has 0 aliphatic heterocycles. The van der Waals surface area contributed by atoms with Gasteiger partial charge in [0.2, 0.25) is 5.52 Å². The van der Waals surface area contributed by atoms with Gasteiger partial charge in [0.15, 0.2) is 11.6 Å². The summed E-state index contributed by atoms with van der Waals surface area (Å²) >= 11 is 0. The van der Waals surface area contributed by atoms with Crippen molar-refractivity contribution in [3.05, 3.63) is 45.5 Å². The van der Waals surface area contributed by atoms with E-state index in [1.165, 1.54) is 18.2 Å². The van der Waals surface area contributed by atoms with Crippen molar-refractivity contribution in [2.45, 2.75) is 0 Å². The molecular weight excluding hydrogens is 221 g/mol. The SMILES string of the molecule is N#Cc1c(=O)n(O)c2ccccc2[n+]1[O-].[Na+]. The first-order valence-electron chi connectivity index (χ1n) is 4.03. The minimum absolute atomic E-state index is 0. The van der Waals surface area contributed by atoms with E-state index in [2.05, 4.69) is 0 Å². The molecule has 0 spiro atoms. The summed E-state index contributed by atoms with van der Waals surface area (Å²) < 4.78 is 0.507. The van der Waals surface area contributed by atoms with Crippen molar-refractivity contribution in [1.29, 1.82) is 5.26 Å². The van der Waals surface area contributed by atoms with E-state index in [1.54, 1.807) is 12.1 Å². The summed E-state index contributed by atoms with van der Waals surface area (Å²) in [5.74, 6) is 0. The predicted octanol–water partition coefficient (Wildman–Crippen LogP) is -3.25. The maximum Gasteiger partial charge on any atom is 1.00 e. The zero-order valence-electron chi connectivity index (χ0n) is 8.41. The molecule has 0 radical (unpaired) electrons. The van der Waals surface area contributed by atoms with Crippen LogP contribution in [-0.4, -0.2) is 9.94 Å². The van der Waals surface area contributed by atoms with Gasteiger partial charge in [-0.1, -0.05) is 12.1 Å². The van der Waals surface area contributed by atoms with Crippen LogP contribution in [0.2, 0.25) is 0 Å². The molecule has 0 saturated heterocycles. The third kappa shape index (κ3) is 1.65. The van der Waals surface area contributed by atoms with E-state index >= 15 is 0 Å². The molecule has 0 unspecified atom stereocenters. The molecule has 0 bridgehead atoms. The number of aromatic nitrogens is 2. The molecule has 2 aromatic rings. The average Bonchev–Trinajstić information content (AvgIpc) is 2.27. The number of hydrogen-bond acceptors (Lipinski definition) is 4. The summed E-state index contributed by atoms with van der Waals surface area (Å²) in [6.07, 6.45) is 0. The van der Waals surface area contributed by atoms with E-state index in [0.717, 1.165) is 0 Å². The van der Waals surface area contributed by atoms with Crippen LogP contribution in [0.3, 0.4) is 0 Å². The third-order valence-corrected chi connectivity index (χ3v) is 2.03. The van der Waals surface area contributed by atoms with Crippen LogP contribution in [0.1, 0.15) is 5.69 Å². The van der Waals surface area contributed by atoms with Crippen molar-refractivity contribution >= 4 is 11.0 Å². The summed E-state index contributed by atoms with van der Waals surface area (Å²) in [5, 5.41) is 29.5. The molecule has 1 heterocycles. The number of benzene rings is 1. The predicted molar refractivity (Wildman–Crippen MR) is 49.1 cm³/mol. The van der Waals surface area contributed by atoms with Crippen LogP contribution in [0.5, 0.6) is 0 Å². The molecule has 74 valence electrons. The van der Waals surface area contributed by atoms with Gasteiger partial charge in [0.25, 0.3) is 0 Å². The van der Waals surface area contributed by atoms with Crippen LogP contribution >= 0.6 is 0 Å². The first kappa shape index (κ1) is 12.5. The first-order chi connectivity index (χ1) is 7.16. The molecule has 6 nitrogen and oxygen atoms in total. The molecule has 16 heavy (non-hydrogen) atoms. The van der Waals surface area contributed by atoms with E-state index in [-0.39, 0.29) is 45.3 Å². The molecule has 0 aliphatic carbocycles. The summed E-state index contributed by atoms with van der Waals surface area (Å²) in [7, 11) is 0. The maximum absolute atomic E-state index is 11.5. The molecular formula is C9H5N3NaO3+. The number of hydrogen-bond donors (Lipinski definition) is 1. The second-order valence-electron chi connectivity index (χ2n) is 2.86. The molecule has 7 heteroatoms. The Morgan fingerprint density at radius 1 is 1.44 bits per heavy atom. The topological polar surface area (TPSA) is 93.0 Å². The Balaban J connectivity index is 0.00000128. The van der Waals surface area contributed by atoms with Crippen molar-refractivity contribution in [1.82, 2.24) is 4.73 Å². The quantitative estimate of drug-likeness (QED) is 0.221. The molecule has 2 rings (SSSR count). The molecule has 0 amide bonds. The van der Waals surface area contributed by atoms with E-state index in [0.29, 0.717) is 4.73 Å². The Morgan fingerprint density at radius 3 is 2.69 bits per heavy atom.